The van der Waals surface area contributed by atoms with Gasteiger partial charge in [-0.1, -0.05) is 29.8 Å². The molecule has 0 aliphatic carbocycles. The van der Waals surface area contributed by atoms with Crippen molar-refractivity contribution in [2.75, 3.05) is 0 Å². The number of carboxylic acids is 1. The molecule has 1 aromatic carbocycles. The summed E-state index contributed by atoms with van der Waals surface area (Å²) in [7, 11) is 1.71. The number of hydrogen-bond donors (Lipinski definition) is 1. The minimum absolute atomic E-state index is 0. The van der Waals surface area contributed by atoms with Gasteiger partial charge < -0.3 is 9.67 Å². The Labute approximate surface area is 139 Å². The normalized spacial score (nSPS) is 9.90. The molecule has 0 aliphatic rings. The molecule has 1 N–H and O–H groups in total. The van der Waals surface area contributed by atoms with Crippen LogP contribution in [0.1, 0.15) is 27.3 Å². The first kappa shape index (κ1) is 16.7. The second-order valence-corrected chi connectivity index (χ2v) is 4.53. The van der Waals surface area contributed by atoms with Crippen LogP contribution < -0.4 is 0 Å². The molecule has 2 aromatic rings. The maximum atomic E-state index is 12.3. The standard InChI is InChI=1S/C15H15NO3.Na.H/c1-10-3-5-11(6-4-10)15(19)13-8-7-12(16(13)2)9-14(17)18;;/h3-8H,9H2,1-2H3,(H,17,18);;. The van der Waals surface area contributed by atoms with E-state index in [-0.39, 0.29) is 41.8 Å². The summed E-state index contributed by atoms with van der Waals surface area (Å²) in [6, 6.07) is 10.7. The summed E-state index contributed by atoms with van der Waals surface area (Å²) >= 11 is 0. The van der Waals surface area contributed by atoms with Crippen LogP contribution in [0.15, 0.2) is 36.4 Å². The van der Waals surface area contributed by atoms with Crippen LogP contribution in [0.5, 0.6) is 0 Å². The summed E-state index contributed by atoms with van der Waals surface area (Å²) < 4.78 is 1.64. The van der Waals surface area contributed by atoms with Gasteiger partial charge in [0.2, 0.25) is 5.78 Å². The third-order valence-corrected chi connectivity index (χ3v) is 3.10. The maximum absolute atomic E-state index is 12.3. The Morgan fingerprint density at radius 2 is 1.70 bits per heavy atom. The van der Waals surface area contributed by atoms with E-state index in [9.17, 15) is 9.59 Å². The predicted octanol–water partition coefficient (Wildman–Crippen LogP) is 1.54. The van der Waals surface area contributed by atoms with Crippen molar-refractivity contribution >= 4 is 41.3 Å². The average molecular weight is 281 g/mol. The van der Waals surface area contributed by atoms with Crippen molar-refractivity contribution in [2.24, 2.45) is 7.05 Å². The Morgan fingerprint density at radius 1 is 1.10 bits per heavy atom. The molecule has 0 saturated heterocycles. The van der Waals surface area contributed by atoms with Gasteiger partial charge >= 0.3 is 35.5 Å². The Bertz CT molecular complexity index is 629. The van der Waals surface area contributed by atoms with Crippen molar-refractivity contribution in [1.82, 2.24) is 4.57 Å². The number of carbonyl (C=O) groups is 2. The van der Waals surface area contributed by atoms with Gasteiger partial charge in [-0.15, -0.1) is 0 Å². The van der Waals surface area contributed by atoms with Crippen LogP contribution in [0.3, 0.4) is 0 Å². The molecule has 0 atom stereocenters. The molecule has 4 nitrogen and oxygen atoms in total. The third-order valence-electron chi connectivity index (χ3n) is 3.10. The van der Waals surface area contributed by atoms with Crippen molar-refractivity contribution in [3.05, 3.63) is 58.9 Å². The Kier molecular flexibility index (Phi) is 5.74. The first-order valence-electron chi connectivity index (χ1n) is 5.97. The van der Waals surface area contributed by atoms with Gasteiger partial charge in [-0.3, -0.25) is 9.59 Å². The van der Waals surface area contributed by atoms with Gasteiger partial charge in [0.05, 0.1) is 12.1 Å². The molecule has 0 saturated carbocycles. The number of nitrogens with zero attached hydrogens (tertiary/aromatic N) is 1. The molecular weight excluding hydrogens is 265 g/mol. The Morgan fingerprint density at radius 3 is 2.25 bits per heavy atom. The number of aromatic nitrogens is 1. The van der Waals surface area contributed by atoms with Crippen molar-refractivity contribution in [2.45, 2.75) is 13.3 Å². The zero-order valence-electron chi connectivity index (χ0n) is 10.9. The molecule has 5 heteroatoms. The van der Waals surface area contributed by atoms with Gasteiger partial charge in [0, 0.05) is 18.3 Å². The number of ketones is 1. The van der Waals surface area contributed by atoms with Crippen LogP contribution in [0.25, 0.3) is 0 Å². The van der Waals surface area contributed by atoms with Gasteiger partial charge in [0.25, 0.3) is 0 Å². The fourth-order valence-corrected chi connectivity index (χ4v) is 1.97. The molecule has 1 aromatic heterocycles. The molecule has 0 unspecified atom stereocenters. The molecule has 0 aliphatic heterocycles. The molecule has 0 fully saturated rings. The van der Waals surface area contributed by atoms with Gasteiger partial charge in [-0.05, 0) is 19.1 Å². The monoisotopic (exact) mass is 281 g/mol. The topological polar surface area (TPSA) is 59.3 Å². The zero-order valence-corrected chi connectivity index (χ0v) is 10.9. The van der Waals surface area contributed by atoms with Gasteiger partial charge in [-0.25, -0.2) is 0 Å². The summed E-state index contributed by atoms with van der Waals surface area (Å²) in [5.74, 6) is -1.00. The van der Waals surface area contributed by atoms with Crippen molar-refractivity contribution in [3.8, 4) is 0 Å². The number of aryl methyl sites for hydroxylation is 1. The van der Waals surface area contributed by atoms with Gasteiger partial charge in [0.1, 0.15) is 0 Å². The predicted molar refractivity (Wildman–Crippen MR) is 78.5 cm³/mol. The number of carboxylic acid groups (broad SMARTS) is 1. The van der Waals surface area contributed by atoms with Gasteiger partial charge in [0.15, 0.2) is 0 Å². The van der Waals surface area contributed by atoms with Crippen molar-refractivity contribution in [1.29, 1.82) is 0 Å². The Hall–Kier alpha value is -1.36. The molecule has 1 heterocycles. The van der Waals surface area contributed by atoms with E-state index in [4.69, 9.17) is 5.11 Å². The molecule has 0 amide bonds. The van der Waals surface area contributed by atoms with E-state index in [0.29, 0.717) is 17.0 Å². The van der Waals surface area contributed by atoms with E-state index in [0.717, 1.165) is 5.56 Å². The molecule has 0 spiro atoms. The van der Waals surface area contributed by atoms with E-state index in [1.54, 1.807) is 35.9 Å². The average Bonchev–Trinajstić information content (AvgIpc) is 2.70. The Balaban J connectivity index is 0.00000200. The molecule has 2 rings (SSSR count). The summed E-state index contributed by atoms with van der Waals surface area (Å²) in [5.41, 5.74) is 2.81. The van der Waals surface area contributed by atoms with Crippen molar-refractivity contribution < 1.29 is 14.7 Å². The first-order valence-corrected chi connectivity index (χ1v) is 5.97. The van der Waals surface area contributed by atoms with Crippen molar-refractivity contribution in [3.63, 3.8) is 0 Å². The van der Waals surface area contributed by atoms with Crippen LogP contribution in [0.4, 0.5) is 0 Å². The second kappa shape index (κ2) is 6.88. The van der Waals surface area contributed by atoms with E-state index in [1.165, 1.54) is 0 Å². The fraction of sp³-hybridized carbons (Fsp3) is 0.200. The summed E-state index contributed by atoms with van der Waals surface area (Å²) in [4.78, 5) is 23.0. The van der Waals surface area contributed by atoms with Crippen LogP contribution in [0, 0.1) is 6.92 Å². The molecule has 0 radical (unpaired) electrons. The van der Waals surface area contributed by atoms with Crippen LogP contribution >= 0.6 is 0 Å². The van der Waals surface area contributed by atoms with Crippen LogP contribution in [0.2, 0.25) is 0 Å². The fourth-order valence-electron chi connectivity index (χ4n) is 1.97. The molecular formula is C15H16NNaO3. The summed E-state index contributed by atoms with van der Waals surface area (Å²) in [5, 5.41) is 8.79. The summed E-state index contributed by atoms with van der Waals surface area (Å²) in [6.45, 7) is 1.96. The SMILES string of the molecule is Cc1ccc(C(=O)c2ccc(CC(=O)O)n2C)cc1.[NaH]. The summed E-state index contributed by atoms with van der Waals surface area (Å²) in [6.07, 6.45) is -0.0856. The number of carbonyl (C=O) groups excluding carboxylic acids is 1. The van der Waals surface area contributed by atoms with E-state index >= 15 is 0 Å². The number of aliphatic carboxylic acids is 1. The molecule has 20 heavy (non-hydrogen) atoms. The second-order valence-electron chi connectivity index (χ2n) is 4.53. The number of benzene rings is 1. The molecule has 100 valence electrons. The number of hydrogen-bond acceptors (Lipinski definition) is 2. The van der Waals surface area contributed by atoms with Crippen LogP contribution in [-0.2, 0) is 18.3 Å². The van der Waals surface area contributed by atoms with Crippen LogP contribution in [-0.4, -0.2) is 51.0 Å². The van der Waals surface area contributed by atoms with E-state index in [2.05, 4.69) is 0 Å². The minimum atomic E-state index is -0.907. The van der Waals surface area contributed by atoms with Gasteiger partial charge in [-0.2, -0.15) is 0 Å². The first-order chi connectivity index (χ1) is 8.99. The van der Waals surface area contributed by atoms with E-state index < -0.39 is 5.97 Å². The zero-order chi connectivity index (χ0) is 14.0. The molecule has 0 bridgehead atoms. The van der Waals surface area contributed by atoms with E-state index in [1.807, 2.05) is 19.1 Å². The third kappa shape index (κ3) is 3.60. The number of rotatable bonds is 4. The quantitative estimate of drug-likeness (QED) is 0.683.